The summed E-state index contributed by atoms with van der Waals surface area (Å²) in [5.41, 5.74) is 34.1. The first kappa shape index (κ1) is 67.3. The molecule has 0 aliphatic rings. The second-order valence-electron chi connectivity index (χ2n) is 31.9. The molecule has 0 unspecified atom stereocenters. The lowest BCUT2D eigenvalue weighted by Crippen LogP contribution is -1.96. The number of para-hydroxylation sites is 5. The molecule has 24 aromatic rings. The molecule has 0 N–H and O–H groups in total. The zero-order chi connectivity index (χ0) is 77.5. The fourth-order valence-electron chi connectivity index (χ4n) is 19.4. The Labute approximate surface area is 680 Å². The van der Waals surface area contributed by atoms with Crippen molar-refractivity contribution < 1.29 is 8.83 Å². The van der Waals surface area contributed by atoms with Crippen LogP contribution in [0, 0.1) is 0 Å². The van der Waals surface area contributed by atoms with Gasteiger partial charge in [-0.15, -0.1) is 0 Å². The number of furan rings is 2. The maximum Gasteiger partial charge on any atom is 0.159 e. The topological polar surface area (TPSA) is 46.0 Å². The summed E-state index contributed by atoms with van der Waals surface area (Å²) in [5.74, 6) is 0. The maximum absolute atomic E-state index is 7.18. The number of benzene rings is 18. The van der Waals surface area contributed by atoms with Crippen LogP contribution in [-0.2, 0) is 25.7 Å². The van der Waals surface area contributed by atoms with E-state index in [1.54, 1.807) is 0 Å². The Kier molecular flexibility index (Phi) is 15.5. The molecule has 6 nitrogen and oxygen atoms in total. The number of hydrogen-bond donors (Lipinski definition) is 0. The third-order valence-electron chi connectivity index (χ3n) is 24.8. The summed E-state index contributed by atoms with van der Waals surface area (Å²) >= 11 is 0. The minimum atomic E-state index is 0.698. The van der Waals surface area contributed by atoms with Gasteiger partial charge in [-0.05, 0) is 238 Å². The second kappa shape index (κ2) is 27.2. The van der Waals surface area contributed by atoms with Crippen LogP contribution in [-0.4, -0.2) is 18.3 Å². The van der Waals surface area contributed by atoms with Gasteiger partial charge in [-0.1, -0.05) is 261 Å². The zero-order valence-electron chi connectivity index (χ0n) is 64.5. The van der Waals surface area contributed by atoms with Gasteiger partial charge in [0.05, 0.1) is 49.8 Å². The third kappa shape index (κ3) is 11.2. The Morgan fingerprint density at radius 1 is 0.178 bits per heavy atom. The zero-order valence-corrected chi connectivity index (χ0v) is 64.5. The molecule has 0 fully saturated rings. The summed E-state index contributed by atoms with van der Waals surface area (Å²) < 4.78 is 23.8. The molecule has 0 radical (unpaired) electrons. The number of aromatic nitrogens is 4. The van der Waals surface area contributed by atoms with Gasteiger partial charge in [0.2, 0.25) is 0 Å². The second-order valence-corrected chi connectivity index (χ2v) is 31.9. The minimum absolute atomic E-state index is 0.698. The molecule has 0 aliphatic carbocycles. The van der Waals surface area contributed by atoms with E-state index in [0.717, 1.165) is 136 Å². The van der Waals surface area contributed by atoms with Crippen LogP contribution in [0.25, 0.3) is 187 Å². The lowest BCUT2D eigenvalue weighted by molar-refractivity contribution is 0.666. The maximum atomic E-state index is 7.18. The number of fused-ring (bicyclic) bond motifs is 18. The van der Waals surface area contributed by atoms with Crippen LogP contribution < -0.4 is 0 Å². The summed E-state index contributed by atoms with van der Waals surface area (Å²) in [6.07, 6.45) is 3.26. The summed E-state index contributed by atoms with van der Waals surface area (Å²) in [6, 6.07) is 148. The van der Waals surface area contributed by atoms with E-state index in [4.69, 9.17) is 8.83 Å². The molecule has 6 heteroatoms. The predicted molar refractivity (Wildman–Crippen MR) is 492 cm³/mol. The van der Waals surface area contributed by atoms with Crippen molar-refractivity contribution in [1.29, 1.82) is 0 Å². The summed E-state index contributed by atoms with van der Waals surface area (Å²) in [6.45, 7) is 0. The minimum Gasteiger partial charge on any atom is -0.455 e. The van der Waals surface area contributed by atoms with Crippen molar-refractivity contribution >= 4 is 131 Å². The molecule has 118 heavy (non-hydrogen) atoms. The van der Waals surface area contributed by atoms with E-state index >= 15 is 0 Å². The largest absolute Gasteiger partial charge is 0.455 e. The molecule has 0 spiro atoms. The molecule has 6 aromatic heterocycles. The monoisotopic (exact) mass is 1510 g/mol. The van der Waals surface area contributed by atoms with Gasteiger partial charge in [-0.25, -0.2) is 0 Å². The highest BCUT2D eigenvalue weighted by molar-refractivity contribution is 6.18. The molecule has 18 aromatic carbocycles. The average Bonchev–Trinajstić information content (AvgIpc) is 1.58. The fraction of sp³-hybridized carbons (Fsp3) is 0.0357. The summed E-state index contributed by atoms with van der Waals surface area (Å²) in [7, 11) is 0. The van der Waals surface area contributed by atoms with E-state index < -0.39 is 0 Å². The van der Waals surface area contributed by atoms with Gasteiger partial charge >= 0.3 is 0 Å². The van der Waals surface area contributed by atoms with Gasteiger partial charge < -0.3 is 27.1 Å². The van der Waals surface area contributed by atoms with Gasteiger partial charge in [0.1, 0.15) is 16.7 Å². The van der Waals surface area contributed by atoms with E-state index in [1.165, 1.54) is 115 Å². The quantitative estimate of drug-likeness (QED) is 0.103. The number of rotatable bonds is 15. The van der Waals surface area contributed by atoms with Gasteiger partial charge in [-0.3, -0.25) is 0 Å². The smallest absolute Gasteiger partial charge is 0.159 e. The Morgan fingerprint density at radius 2 is 0.551 bits per heavy atom. The Balaban J connectivity index is 0.613. The van der Waals surface area contributed by atoms with E-state index in [0.29, 0.717) is 6.42 Å². The van der Waals surface area contributed by atoms with Gasteiger partial charge in [0.25, 0.3) is 0 Å². The highest BCUT2D eigenvalue weighted by Gasteiger charge is 2.25. The molecule has 0 saturated carbocycles. The van der Waals surface area contributed by atoms with Crippen LogP contribution >= 0.6 is 0 Å². The van der Waals surface area contributed by atoms with E-state index in [2.05, 4.69) is 419 Å². The molecule has 0 aliphatic heterocycles. The molecule has 0 bridgehead atoms. The van der Waals surface area contributed by atoms with Gasteiger partial charge in [-0.2, -0.15) is 0 Å². The van der Waals surface area contributed by atoms with Crippen LogP contribution in [0.4, 0.5) is 0 Å². The standard InChI is InChI=1S/C112H74N4O2/c1-6-22-71(23-7-1)58-74-40-51-100-93(62-74)87-49-44-80(78-46-55-103-97(66-78)95-63-75(59-72-24-8-2-9-25-72)41-52-101(95)113(103)83-29-12-4-13-30-83)68-107(87)115(100)85-48-57-110-99(70-85)92-36-20-35-90(111(92)117-110)86-33-17-16-28-82(86)61-77-43-54-105-94(65-77)88-50-45-81(69-108(88)116(105)106-38-21-37-91-89-34-18-19-39-109(89)118-112(91)106)79-47-56-104-98(67-79)96-64-76(60-73-26-10-3-11-27-73)42-53-102(96)114(104)84-31-14-5-15-32-84/h1-57,62-70H,58-61H2. The lowest BCUT2D eigenvalue weighted by Gasteiger charge is -2.12. The highest BCUT2D eigenvalue weighted by atomic mass is 16.3. The van der Waals surface area contributed by atoms with Crippen molar-refractivity contribution in [3.05, 3.63) is 445 Å². The number of hydrogen-bond acceptors (Lipinski definition) is 2. The Hall–Kier alpha value is -15.2. The van der Waals surface area contributed by atoms with E-state index in [1.807, 2.05) is 0 Å². The van der Waals surface area contributed by atoms with Crippen molar-refractivity contribution in [3.63, 3.8) is 0 Å². The highest BCUT2D eigenvalue weighted by Crippen LogP contribution is 2.46. The Morgan fingerprint density at radius 3 is 1.09 bits per heavy atom. The van der Waals surface area contributed by atoms with E-state index in [9.17, 15) is 0 Å². The van der Waals surface area contributed by atoms with Gasteiger partial charge in [0.15, 0.2) is 5.58 Å². The Bertz CT molecular complexity index is 8160. The summed E-state index contributed by atoms with van der Waals surface area (Å²) in [4.78, 5) is 0. The molecule has 0 atom stereocenters. The first-order valence-corrected chi connectivity index (χ1v) is 40.9. The molecular formula is C112H74N4O2. The predicted octanol–water partition coefficient (Wildman–Crippen LogP) is 29.2. The third-order valence-corrected chi connectivity index (χ3v) is 24.8. The van der Waals surface area contributed by atoms with Crippen molar-refractivity contribution in [2.24, 2.45) is 0 Å². The first-order valence-electron chi connectivity index (χ1n) is 40.9. The number of nitrogens with zero attached hydrogens (tertiary/aromatic N) is 4. The molecule has 554 valence electrons. The first-order chi connectivity index (χ1) is 58.4. The molecule has 24 rings (SSSR count). The van der Waals surface area contributed by atoms with Gasteiger partial charge in [0, 0.05) is 87.3 Å². The van der Waals surface area contributed by atoms with Crippen LogP contribution in [0.1, 0.15) is 44.5 Å². The molecule has 6 heterocycles. The SMILES string of the molecule is c1ccc(Cc2ccc3c(c2)c2cc(-c4ccc5c6cc(Cc7ccccc7)ccc6n(-c6ccc7oc8c(-c9ccccc9Cc9ccc%10c(c9)c9ccc(-c%11ccc%12c(c%11)c%11cc(Cc%13ccccc%13)ccc%11n%12-c%11ccccc%11)cc9n%10-c9cccc%10c9oc9ccccc9%10)cccc8c7c6)c5c4)ccc2n3-c2ccccc2)cc1. The lowest BCUT2D eigenvalue weighted by atomic mass is 9.93. The van der Waals surface area contributed by atoms with Crippen LogP contribution in [0.5, 0.6) is 0 Å². The van der Waals surface area contributed by atoms with Crippen molar-refractivity contribution in [2.75, 3.05) is 0 Å². The van der Waals surface area contributed by atoms with Crippen molar-refractivity contribution in [1.82, 2.24) is 18.3 Å². The average molecular weight is 1510 g/mol. The summed E-state index contributed by atoms with van der Waals surface area (Å²) in [5, 5.41) is 14.0. The molecular weight excluding hydrogens is 1430 g/mol. The van der Waals surface area contributed by atoms with Crippen molar-refractivity contribution in [2.45, 2.75) is 25.7 Å². The van der Waals surface area contributed by atoms with E-state index in [-0.39, 0.29) is 0 Å². The van der Waals surface area contributed by atoms with Crippen LogP contribution in [0.2, 0.25) is 0 Å². The van der Waals surface area contributed by atoms with Crippen molar-refractivity contribution in [3.8, 4) is 56.1 Å². The molecule has 0 amide bonds. The fourth-order valence-corrected chi connectivity index (χ4v) is 19.4. The van der Waals surface area contributed by atoms with Crippen LogP contribution in [0.15, 0.2) is 409 Å². The normalized spacial score (nSPS) is 12.0. The molecule has 0 saturated heterocycles. The van der Waals surface area contributed by atoms with Crippen LogP contribution in [0.3, 0.4) is 0 Å².